The largest absolute Gasteiger partial charge is 0.587 e. The van der Waals surface area contributed by atoms with Gasteiger partial charge in [0.25, 0.3) is 0 Å². The van der Waals surface area contributed by atoms with Crippen LogP contribution in [0.15, 0.2) is 11.5 Å². The summed E-state index contributed by atoms with van der Waals surface area (Å²) in [6.45, 7) is 5.10. The zero-order valence-corrected chi connectivity index (χ0v) is 7.04. The highest BCUT2D eigenvalue weighted by Crippen LogP contribution is 2.37. The van der Waals surface area contributed by atoms with Gasteiger partial charge in [0, 0.05) is 4.91 Å². The quantitative estimate of drug-likeness (QED) is 0.386. The van der Waals surface area contributed by atoms with Crippen LogP contribution in [0.3, 0.4) is 0 Å². The lowest BCUT2D eigenvalue weighted by Gasteiger charge is -1.72. The second kappa shape index (κ2) is 8.53. The topological polar surface area (TPSA) is 78.2 Å². The van der Waals surface area contributed by atoms with Gasteiger partial charge in [-0.3, -0.25) is 0 Å². The molecule has 56 valence electrons. The molecule has 0 fully saturated rings. The predicted octanol–water partition coefficient (Wildman–Crippen LogP) is 1.80. The van der Waals surface area contributed by atoms with E-state index in [1.807, 2.05) is 0 Å². The second-order valence-electron chi connectivity index (χ2n) is 1.13. The van der Waals surface area contributed by atoms with E-state index in [4.69, 9.17) is 15.1 Å². The summed E-state index contributed by atoms with van der Waals surface area (Å²) in [5.41, 5.74) is 0. The molecule has 0 aliphatic carbocycles. The Morgan fingerprint density at radius 2 is 2.20 bits per heavy atom. The number of carbonyl (C=O) groups excluding carboxylic acids is 1. The smallest absolute Gasteiger partial charge is 0.222 e. The van der Waals surface area contributed by atoms with E-state index >= 15 is 0 Å². The molecule has 0 aliphatic rings. The first-order chi connectivity index (χ1) is 4.54. The van der Waals surface area contributed by atoms with E-state index in [1.165, 1.54) is 0 Å². The van der Waals surface area contributed by atoms with Gasteiger partial charge in [0.1, 0.15) is 0 Å². The van der Waals surface area contributed by atoms with Crippen molar-refractivity contribution in [2.45, 2.75) is 6.92 Å². The highest BCUT2D eigenvalue weighted by Gasteiger charge is 2.11. The zero-order chi connectivity index (χ0) is 8.57. The molecule has 1 atom stereocenters. The van der Waals surface area contributed by atoms with E-state index in [2.05, 4.69) is 6.58 Å². The average molecular weight is 180 g/mol. The zero-order valence-electron chi connectivity index (χ0n) is 5.33. The summed E-state index contributed by atoms with van der Waals surface area (Å²) >= 11 is 0.880. The predicted molar refractivity (Wildman–Crippen MR) is 40.6 cm³/mol. The van der Waals surface area contributed by atoms with Gasteiger partial charge in [-0.05, 0) is 11.5 Å². The summed E-state index contributed by atoms with van der Waals surface area (Å²) in [5.74, 6) is 0. The lowest BCUT2D eigenvalue weighted by atomic mass is 10.8. The maximum atomic E-state index is 9.86. The van der Waals surface area contributed by atoms with Gasteiger partial charge < -0.3 is 0 Å². The summed E-state index contributed by atoms with van der Waals surface area (Å²) in [6, 6.07) is 0. The summed E-state index contributed by atoms with van der Waals surface area (Å²) < 4.78 is 9.86. The van der Waals surface area contributed by atoms with Gasteiger partial charge >= 0.3 is 7.23 Å². The van der Waals surface area contributed by atoms with Crippen molar-refractivity contribution in [3.05, 3.63) is 11.5 Å². The van der Waals surface area contributed by atoms with Crippen LogP contribution >= 0.6 is 18.6 Å². The molecule has 0 aromatic carbocycles. The number of hydrogen-bond acceptors (Lipinski definition) is 4. The molecule has 0 aromatic rings. The van der Waals surface area contributed by atoms with Crippen LogP contribution in [0.25, 0.3) is 0 Å². The van der Waals surface area contributed by atoms with E-state index in [9.17, 15) is 4.57 Å². The van der Waals surface area contributed by atoms with Crippen LogP contribution in [0, 0.1) is 5.41 Å². The standard InChI is InChI=1S/C3H5O2PS.CHNO/c1-3(2)7-6(4)5;2-1-3/h1H2,2H3;2H/p+1. The molecule has 4 nitrogen and oxygen atoms in total. The van der Waals surface area contributed by atoms with Crippen molar-refractivity contribution >= 4 is 24.7 Å². The van der Waals surface area contributed by atoms with Crippen molar-refractivity contribution in [2.24, 2.45) is 0 Å². The first-order valence-corrected chi connectivity index (χ1v) is 4.71. The fourth-order valence-electron chi connectivity index (χ4n) is 0.133. The van der Waals surface area contributed by atoms with Crippen molar-refractivity contribution in [1.29, 1.82) is 5.41 Å². The van der Waals surface area contributed by atoms with Crippen LogP contribution in [0.2, 0.25) is 0 Å². The SMILES string of the molecule is C=C(C)S[P+](=O)O.N=C=O. The molecule has 10 heavy (non-hydrogen) atoms. The first kappa shape index (κ1) is 12.2. The van der Waals surface area contributed by atoms with Crippen molar-refractivity contribution < 1.29 is 14.3 Å². The molecule has 0 saturated carbocycles. The van der Waals surface area contributed by atoms with Crippen molar-refractivity contribution in [3.63, 3.8) is 0 Å². The number of allylic oxidation sites excluding steroid dienone is 1. The molecular formula is C4H7NO3PS+. The Morgan fingerprint density at radius 3 is 2.20 bits per heavy atom. The normalized spacial score (nSPS) is 8.40. The Bertz CT molecular complexity index is 152. The first-order valence-electron chi connectivity index (χ1n) is 2.08. The van der Waals surface area contributed by atoms with Crippen LogP contribution in [0.5, 0.6) is 0 Å². The van der Waals surface area contributed by atoms with Crippen molar-refractivity contribution in [3.8, 4) is 0 Å². The Kier molecular flexibility index (Phi) is 10.4. The molecule has 0 saturated heterocycles. The molecule has 0 amide bonds. The maximum absolute atomic E-state index is 9.86. The Hall–Kier alpha value is -0.470. The second-order valence-corrected chi connectivity index (χ2v) is 3.97. The van der Waals surface area contributed by atoms with Crippen molar-refractivity contribution in [2.75, 3.05) is 0 Å². The lowest BCUT2D eigenvalue weighted by molar-refractivity contribution is 0.519. The molecular weight excluding hydrogens is 173 g/mol. The van der Waals surface area contributed by atoms with Gasteiger partial charge in [-0.25, -0.2) is 10.2 Å². The molecule has 0 radical (unpaired) electrons. The minimum absolute atomic E-state index is 0.670. The van der Waals surface area contributed by atoms with E-state index in [0.717, 1.165) is 17.5 Å². The summed E-state index contributed by atoms with van der Waals surface area (Å²) in [6.07, 6.45) is 0.750. The monoisotopic (exact) mass is 180 g/mol. The number of nitrogens with one attached hydrogen (secondary N) is 1. The van der Waals surface area contributed by atoms with Gasteiger partial charge in [-0.1, -0.05) is 6.58 Å². The third kappa shape index (κ3) is 25.8. The third-order valence-electron chi connectivity index (χ3n) is 0.234. The van der Waals surface area contributed by atoms with Gasteiger partial charge in [-0.15, -0.1) is 0 Å². The highest BCUT2D eigenvalue weighted by atomic mass is 32.7. The Balaban J connectivity index is 0. The average Bonchev–Trinajstić information content (AvgIpc) is 1.62. The van der Waals surface area contributed by atoms with Crippen LogP contribution in [0.1, 0.15) is 6.92 Å². The molecule has 6 heteroatoms. The molecule has 0 heterocycles. The number of hydrogen-bond donors (Lipinski definition) is 2. The van der Waals surface area contributed by atoms with Crippen LogP contribution in [-0.2, 0) is 9.36 Å². The minimum Gasteiger partial charge on any atom is -0.222 e. The van der Waals surface area contributed by atoms with Crippen LogP contribution in [-0.4, -0.2) is 11.0 Å². The Morgan fingerprint density at radius 1 is 1.90 bits per heavy atom. The lowest BCUT2D eigenvalue weighted by Crippen LogP contribution is -1.51. The number of rotatable bonds is 2. The third-order valence-corrected chi connectivity index (χ3v) is 2.11. The van der Waals surface area contributed by atoms with Crippen LogP contribution in [0.4, 0.5) is 0 Å². The Labute approximate surface area is 63.5 Å². The van der Waals surface area contributed by atoms with Gasteiger partial charge in [-0.2, -0.15) is 4.89 Å². The molecule has 0 spiro atoms. The van der Waals surface area contributed by atoms with Gasteiger partial charge in [0.05, 0.1) is 0 Å². The number of isocyanates is 1. The fourth-order valence-corrected chi connectivity index (χ4v) is 1.20. The molecule has 1 unspecified atom stereocenters. The summed E-state index contributed by atoms with van der Waals surface area (Å²) in [5, 5.41) is 5.40. The van der Waals surface area contributed by atoms with Crippen molar-refractivity contribution in [1.82, 2.24) is 0 Å². The van der Waals surface area contributed by atoms with E-state index in [0.29, 0.717) is 4.91 Å². The van der Waals surface area contributed by atoms with E-state index < -0.39 is 7.23 Å². The summed E-state index contributed by atoms with van der Waals surface area (Å²) in [4.78, 5) is 17.2. The fraction of sp³-hybridized carbons (Fsp3) is 0.250. The molecule has 0 bridgehead atoms. The highest BCUT2D eigenvalue weighted by molar-refractivity contribution is 8.52. The minimum atomic E-state index is -2.07. The van der Waals surface area contributed by atoms with Gasteiger partial charge in [0.15, 0.2) is 11.4 Å². The summed E-state index contributed by atoms with van der Waals surface area (Å²) in [7, 11) is -2.07. The molecule has 2 N–H and O–H groups in total. The van der Waals surface area contributed by atoms with Crippen LogP contribution < -0.4 is 0 Å². The molecule has 0 aromatic heterocycles. The van der Waals surface area contributed by atoms with E-state index in [1.54, 1.807) is 6.92 Å². The van der Waals surface area contributed by atoms with E-state index in [-0.39, 0.29) is 0 Å². The maximum Gasteiger partial charge on any atom is 0.587 e. The molecule has 0 rings (SSSR count). The molecule has 0 aliphatic heterocycles. The van der Waals surface area contributed by atoms with Gasteiger partial charge in [0.2, 0.25) is 6.08 Å².